The van der Waals surface area contributed by atoms with Crippen LogP contribution in [0, 0.1) is 6.92 Å². The van der Waals surface area contributed by atoms with Crippen molar-refractivity contribution in [2.24, 2.45) is 0 Å². The Morgan fingerprint density at radius 2 is 2.17 bits per heavy atom. The Morgan fingerprint density at radius 3 is 2.92 bits per heavy atom. The van der Waals surface area contributed by atoms with E-state index in [1.807, 2.05) is 24.0 Å². The molecular weight excluding hydrogens is 322 g/mol. The van der Waals surface area contributed by atoms with Crippen molar-refractivity contribution in [3.63, 3.8) is 0 Å². The van der Waals surface area contributed by atoms with Gasteiger partial charge in [0, 0.05) is 30.5 Å². The van der Waals surface area contributed by atoms with Crippen LogP contribution in [0.15, 0.2) is 30.6 Å². The van der Waals surface area contributed by atoms with Crippen molar-refractivity contribution in [3.05, 3.63) is 47.3 Å². The van der Waals surface area contributed by atoms with Gasteiger partial charge in [0.05, 0.1) is 23.2 Å². The fourth-order valence-corrected chi connectivity index (χ4v) is 6.09. The van der Waals surface area contributed by atoms with Gasteiger partial charge in [-0.2, -0.15) is 5.10 Å². The van der Waals surface area contributed by atoms with E-state index < -0.39 is 15.4 Å². The molecule has 5 nitrogen and oxygen atoms in total. The van der Waals surface area contributed by atoms with Crippen LogP contribution in [0.25, 0.3) is 0 Å². The standard InChI is InChI=1S/C18H23N3O2S/c1-14-4-3-5-17-16(14)6-8-20(17)11-15-10-19-21(12-15)18(2)7-9-24(22,23)13-18/h3-5,10,12H,6-9,11,13H2,1-2H3/t18-/m1/s1. The highest BCUT2D eigenvalue weighted by molar-refractivity contribution is 7.91. The van der Waals surface area contributed by atoms with Crippen molar-refractivity contribution in [2.75, 3.05) is 23.0 Å². The summed E-state index contributed by atoms with van der Waals surface area (Å²) in [6.45, 7) is 6.00. The molecule has 1 saturated heterocycles. The summed E-state index contributed by atoms with van der Waals surface area (Å²) in [6, 6.07) is 6.46. The summed E-state index contributed by atoms with van der Waals surface area (Å²) in [5, 5.41) is 4.48. The topological polar surface area (TPSA) is 55.2 Å². The highest BCUT2D eigenvalue weighted by Gasteiger charge is 2.40. The number of hydrogen-bond donors (Lipinski definition) is 0. The summed E-state index contributed by atoms with van der Waals surface area (Å²) < 4.78 is 25.5. The number of fused-ring (bicyclic) bond motifs is 1. The third-order valence-electron chi connectivity index (χ3n) is 5.40. The predicted molar refractivity (Wildman–Crippen MR) is 95.1 cm³/mol. The number of sulfone groups is 1. The average molecular weight is 345 g/mol. The minimum Gasteiger partial charge on any atom is -0.367 e. The molecule has 0 saturated carbocycles. The number of anilines is 1. The van der Waals surface area contributed by atoms with Crippen LogP contribution >= 0.6 is 0 Å². The first-order valence-corrected chi connectivity index (χ1v) is 10.3. The van der Waals surface area contributed by atoms with Crippen LogP contribution in [0.4, 0.5) is 5.69 Å². The van der Waals surface area contributed by atoms with Gasteiger partial charge in [-0.25, -0.2) is 8.42 Å². The number of rotatable bonds is 3. The fraction of sp³-hybridized carbons (Fsp3) is 0.500. The molecule has 3 heterocycles. The van der Waals surface area contributed by atoms with Gasteiger partial charge >= 0.3 is 0 Å². The lowest BCUT2D eigenvalue weighted by atomic mass is 10.0. The Balaban J connectivity index is 1.55. The Kier molecular flexibility index (Phi) is 3.49. The molecule has 1 atom stereocenters. The molecule has 0 radical (unpaired) electrons. The minimum atomic E-state index is -2.93. The summed E-state index contributed by atoms with van der Waals surface area (Å²) in [4.78, 5) is 2.39. The van der Waals surface area contributed by atoms with E-state index in [2.05, 4.69) is 35.1 Å². The van der Waals surface area contributed by atoms with Crippen molar-refractivity contribution in [1.82, 2.24) is 9.78 Å². The molecule has 1 aromatic carbocycles. The van der Waals surface area contributed by atoms with Crippen LogP contribution in [-0.2, 0) is 28.3 Å². The molecule has 2 aliphatic rings. The minimum absolute atomic E-state index is 0.187. The van der Waals surface area contributed by atoms with Crippen LogP contribution in [0.2, 0.25) is 0 Å². The average Bonchev–Trinajstić information content (AvgIpc) is 3.20. The van der Waals surface area contributed by atoms with Crippen molar-refractivity contribution < 1.29 is 8.42 Å². The largest absolute Gasteiger partial charge is 0.367 e. The van der Waals surface area contributed by atoms with Crippen LogP contribution in [-0.4, -0.2) is 36.2 Å². The second-order valence-corrected chi connectivity index (χ2v) is 9.56. The lowest BCUT2D eigenvalue weighted by molar-refractivity contribution is 0.328. The van der Waals surface area contributed by atoms with Crippen LogP contribution in [0.3, 0.4) is 0 Å². The summed E-state index contributed by atoms with van der Waals surface area (Å²) >= 11 is 0. The Morgan fingerprint density at radius 1 is 1.33 bits per heavy atom. The lowest BCUT2D eigenvalue weighted by Crippen LogP contribution is -2.31. The van der Waals surface area contributed by atoms with Gasteiger partial charge in [-0.3, -0.25) is 4.68 Å². The van der Waals surface area contributed by atoms with E-state index in [-0.39, 0.29) is 11.5 Å². The molecule has 4 rings (SSSR count). The van der Waals surface area contributed by atoms with Crippen molar-refractivity contribution >= 4 is 15.5 Å². The quantitative estimate of drug-likeness (QED) is 0.856. The first kappa shape index (κ1) is 15.7. The van der Waals surface area contributed by atoms with E-state index in [1.165, 1.54) is 16.8 Å². The summed E-state index contributed by atoms with van der Waals surface area (Å²) in [5.41, 5.74) is 4.84. The maximum atomic E-state index is 11.8. The second-order valence-electron chi connectivity index (χ2n) is 7.38. The molecule has 2 aliphatic heterocycles. The van der Waals surface area contributed by atoms with Gasteiger partial charge in [0.25, 0.3) is 0 Å². The second kappa shape index (κ2) is 5.34. The molecule has 6 heteroatoms. The molecule has 128 valence electrons. The SMILES string of the molecule is Cc1cccc2c1CCN2Cc1cnn([C@]2(C)CCS(=O)(=O)C2)c1. The molecule has 0 N–H and O–H groups in total. The van der Waals surface area contributed by atoms with Crippen LogP contribution < -0.4 is 4.90 Å². The van der Waals surface area contributed by atoms with E-state index in [4.69, 9.17) is 0 Å². The number of hydrogen-bond acceptors (Lipinski definition) is 4. The lowest BCUT2D eigenvalue weighted by Gasteiger charge is -2.23. The molecule has 1 fully saturated rings. The third kappa shape index (κ3) is 2.62. The molecule has 0 spiro atoms. The molecule has 0 bridgehead atoms. The first-order valence-electron chi connectivity index (χ1n) is 8.44. The zero-order chi connectivity index (χ0) is 16.9. The Hall–Kier alpha value is -1.82. The number of benzene rings is 1. The smallest absolute Gasteiger partial charge is 0.152 e. The summed E-state index contributed by atoms with van der Waals surface area (Å²) in [7, 11) is -2.93. The van der Waals surface area contributed by atoms with Gasteiger partial charge in [0.2, 0.25) is 0 Å². The normalized spacial score (nSPS) is 25.2. The summed E-state index contributed by atoms with van der Waals surface area (Å²) in [5.74, 6) is 0.449. The predicted octanol–water partition coefficient (Wildman–Crippen LogP) is 2.29. The van der Waals surface area contributed by atoms with Crippen LogP contribution in [0.5, 0.6) is 0 Å². The van der Waals surface area contributed by atoms with Crippen molar-refractivity contribution in [1.29, 1.82) is 0 Å². The Bertz CT molecular complexity index is 887. The molecule has 2 aromatic rings. The summed E-state index contributed by atoms with van der Waals surface area (Å²) in [6.07, 6.45) is 5.63. The van der Waals surface area contributed by atoms with Gasteiger partial charge in [0.15, 0.2) is 9.84 Å². The highest BCUT2D eigenvalue weighted by Crippen LogP contribution is 2.33. The number of nitrogens with zero attached hydrogens (tertiary/aromatic N) is 3. The van der Waals surface area contributed by atoms with Crippen molar-refractivity contribution in [3.8, 4) is 0 Å². The van der Waals surface area contributed by atoms with Gasteiger partial charge < -0.3 is 4.90 Å². The van der Waals surface area contributed by atoms with E-state index in [0.717, 1.165) is 25.1 Å². The highest BCUT2D eigenvalue weighted by atomic mass is 32.2. The zero-order valence-electron chi connectivity index (χ0n) is 14.2. The van der Waals surface area contributed by atoms with Gasteiger partial charge in [-0.05, 0) is 43.9 Å². The molecule has 24 heavy (non-hydrogen) atoms. The van der Waals surface area contributed by atoms with E-state index in [9.17, 15) is 8.42 Å². The molecular formula is C18H23N3O2S. The molecule has 1 aromatic heterocycles. The fourth-order valence-electron chi connectivity index (χ4n) is 3.97. The van der Waals surface area contributed by atoms with E-state index in [0.29, 0.717) is 6.42 Å². The Labute approximate surface area is 143 Å². The molecule has 0 aliphatic carbocycles. The first-order chi connectivity index (χ1) is 11.4. The number of aryl methyl sites for hydroxylation is 1. The molecule has 0 amide bonds. The van der Waals surface area contributed by atoms with Crippen LogP contribution in [0.1, 0.15) is 30.0 Å². The van der Waals surface area contributed by atoms with Crippen molar-refractivity contribution in [2.45, 2.75) is 38.8 Å². The van der Waals surface area contributed by atoms with Gasteiger partial charge in [-0.1, -0.05) is 12.1 Å². The molecule has 0 unspecified atom stereocenters. The monoisotopic (exact) mass is 345 g/mol. The number of aromatic nitrogens is 2. The van der Waals surface area contributed by atoms with E-state index in [1.54, 1.807) is 0 Å². The van der Waals surface area contributed by atoms with Gasteiger partial charge in [0.1, 0.15) is 0 Å². The maximum absolute atomic E-state index is 11.8. The van der Waals surface area contributed by atoms with Gasteiger partial charge in [-0.15, -0.1) is 0 Å². The van der Waals surface area contributed by atoms with E-state index >= 15 is 0 Å². The maximum Gasteiger partial charge on any atom is 0.152 e. The third-order valence-corrected chi connectivity index (χ3v) is 7.29. The zero-order valence-corrected chi connectivity index (χ0v) is 15.0.